The van der Waals surface area contributed by atoms with E-state index in [1.165, 1.54) is 11.8 Å². The lowest BCUT2D eigenvalue weighted by molar-refractivity contribution is -0.140. The molecule has 2 aromatic carbocycles. The first-order valence-electron chi connectivity index (χ1n) is 24.3. The number of nitrogens with one attached hydrogen (secondary N) is 7. The Bertz CT molecular complexity index is 2090. The van der Waals surface area contributed by atoms with Gasteiger partial charge >= 0.3 is 0 Å². The van der Waals surface area contributed by atoms with Crippen molar-refractivity contribution in [2.24, 2.45) is 17.6 Å². The van der Waals surface area contributed by atoms with Crippen LogP contribution in [0.15, 0.2) is 48.5 Å². The zero-order valence-electron chi connectivity index (χ0n) is 42.2. The Morgan fingerprint density at radius 1 is 0.638 bits per heavy atom. The summed E-state index contributed by atoms with van der Waals surface area (Å²) in [5.41, 5.74) is 9.43. The van der Waals surface area contributed by atoms with Gasteiger partial charge in [-0.05, 0) is 82.8 Å². The van der Waals surface area contributed by atoms with Crippen molar-refractivity contribution in [2.75, 3.05) is 13.1 Å². The van der Waals surface area contributed by atoms with Crippen molar-refractivity contribution in [1.29, 1.82) is 0 Å². The zero-order chi connectivity index (χ0) is 51.5. The molecule has 0 unspecified atom stereocenters. The van der Waals surface area contributed by atoms with Crippen molar-refractivity contribution < 1.29 is 43.2 Å². The summed E-state index contributed by atoms with van der Waals surface area (Å²) in [5, 5.41) is 19.0. The third kappa shape index (κ3) is 18.7. The van der Waals surface area contributed by atoms with Gasteiger partial charge in [0.1, 0.15) is 42.0 Å². The van der Waals surface area contributed by atoms with Crippen LogP contribution in [0, 0.1) is 25.7 Å². The summed E-state index contributed by atoms with van der Waals surface area (Å²) in [5.74, 6) is -5.49. The highest BCUT2D eigenvalue weighted by Crippen LogP contribution is 2.20. The van der Waals surface area contributed by atoms with Gasteiger partial charge in [0.2, 0.25) is 47.3 Å². The highest BCUT2D eigenvalue weighted by atomic mass is 16.2. The summed E-state index contributed by atoms with van der Waals surface area (Å²) in [7, 11) is 0. The summed E-state index contributed by atoms with van der Waals surface area (Å²) in [6, 6.07) is 6.75. The molecule has 0 bridgehead atoms. The lowest BCUT2D eigenvalue weighted by atomic mass is 10.0. The number of carbonyl (C=O) groups is 9. The number of aryl methyl sites for hydroxylation is 2. The molecule has 9 N–H and O–H groups in total. The highest BCUT2D eigenvalue weighted by Gasteiger charge is 2.38. The van der Waals surface area contributed by atoms with Gasteiger partial charge < -0.3 is 47.9 Å². The Labute approximate surface area is 407 Å². The SMILES string of the molecule is CC[C@@H](C)NC(=O)[C@@H](NC(=O)CNC(=O)[C@H](Cc1ccc(C)cc1)NC(=O)[C@H](Cc1ccc(C)cc1)NC(=O)[C@H](CC(C)=O)NC(=O)[C@H](CC)NC(=O)[C@@H]1CCCN1C(=O)[C@@H](N)CC(C)C)C(C)C. The van der Waals surface area contributed by atoms with Gasteiger partial charge in [-0.3, -0.25) is 43.2 Å². The lowest BCUT2D eigenvalue weighted by Crippen LogP contribution is -2.60. The van der Waals surface area contributed by atoms with Crippen LogP contribution in [0.2, 0.25) is 0 Å². The summed E-state index contributed by atoms with van der Waals surface area (Å²) >= 11 is 0. The molecule has 3 rings (SSSR count). The van der Waals surface area contributed by atoms with E-state index in [9.17, 15) is 43.2 Å². The van der Waals surface area contributed by atoms with Crippen LogP contribution >= 0.6 is 0 Å². The van der Waals surface area contributed by atoms with Gasteiger partial charge in [-0.1, -0.05) is 101 Å². The molecule has 1 aliphatic rings. The first kappa shape index (κ1) is 57.1. The Morgan fingerprint density at radius 3 is 1.64 bits per heavy atom. The van der Waals surface area contributed by atoms with Crippen molar-refractivity contribution in [3.8, 4) is 0 Å². The molecule has 8 atom stereocenters. The maximum atomic E-state index is 14.4. The van der Waals surface area contributed by atoms with Crippen molar-refractivity contribution in [2.45, 2.75) is 169 Å². The average Bonchev–Trinajstić information content (AvgIpc) is 3.79. The minimum absolute atomic E-state index is 0.00126. The van der Waals surface area contributed by atoms with E-state index in [0.717, 1.165) is 11.1 Å². The van der Waals surface area contributed by atoms with Gasteiger partial charge in [0.15, 0.2) is 0 Å². The third-order valence-electron chi connectivity index (χ3n) is 12.1. The number of Topliss-reactive ketones (excluding diaryl/α,β-unsaturated/α-hetero) is 1. The molecule has 0 spiro atoms. The van der Waals surface area contributed by atoms with E-state index in [-0.39, 0.29) is 49.0 Å². The van der Waals surface area contributed by atoms with E-state index >= 15 is 0 Å². The van der Waals surface area contributed by atoms with Crippen LogP contribution in [-0.2, 0) is 56.0 Å². The number of carbonyl (C=O) groups excluding carboxylic acids is 9. The van der Waals surface area contributed by atoms with Crippen LogP contribution in [0.4, 0.5) is 0 Å². The smallest absolute Gasteiger partial charge is 0.243 e. The first-order chi connectivity index (χ1) is 32.5. The molecule has 2 aromatic rings. The summed E-state index contributed by atoms with van der Waals surface area (Å²) in [6.45, 7) is 17.8. The molecule has 0 radical (unpaired) electrons. The van der Waals surface area contributed by atoms with Crippen molar-refractivity contribution in [1.82, 2.24) is 42.1 Å². The lowest BCUT2D eigenvalue weighted by Gasteiger charge is -2.29. The minimum atomic E-state index is -1.47. The molecule has 1 saturated heterocycles. The maximum Gasteiger partial charge on any atom is 0.243 e. The van der Waals surface area contributed by atoms with Gasteiger partial charge in [-0.2, -0.15) is 0 Å². The summed E-state index contributed by atoms with van der Waals surface area (Å²) in [6.07, 6.45) is 1.70. The number of likely N-dealkylation sites (tertiary alicyclic amines) is 1. The Kier molecular flexibility index (Phi) is 23.0. The van der Waals surface area contributed by atoms with Gasteiger partial charge in [-0.15, -0.1) is 0 Å². The number of nitrogens with two attached hydrogens (primary N) is 1. The second-order valence-electron chi connectivity index (χ2n) is 19.2. The normalized spacial score (nSPS) is 16.5. The van der Waals surface area contributed by atoms with Crippen LogP contribution in [0.3, 0.4) is 0 Å². The van der Waals surface area contributed by atoms with Crippen LogP contribution in [0.5, 0.6) is 0 Å². The Hall–Kier alpha value is -6.17. The Balaban J connectivity index is 1.86. The number of amides is 8. The largest absolute Gasteiger partial charge is 0.352 e. The molecular formula is C51H77N9O9. The second kappa shape index (κ2) is 27.7. The predicted octanol–water partition coefficient (Wildman–Crippen LogP) is 1.95. The number of rotatable bonds is 26. The topological polar surface area (TPSA) is 267 Å². The maximum absolute atomic E-state index is 14.4. The van der Waals surface area contributed by atoms with E-state index in [0.29, 0.717) is 43.4 Å². The monoisotopic (exact) mass is 960 g/mol. The van der Waals surface area contributed by atoms with Crippen molar-refractivity contribution in [3.05, 3.63) is 70.8 Å². The summed E-state index contributed by atoms with van der Waals surface area (Å²) in [4.78, 5) is 123. The molecule has 18 heteroatoms. The minimum Gasteiger partial charge on any atom is -0.352 e. The molecule has 1 aliphatic heterocycles. The first-order valence-corrected chi connectivity index (χ1v) is 24.3. The molecule has 8 amide bonds. The number of benzene rings is 2. The predicted molar refractivity (Wildman–Crippen MR) is 263 cm³/mol. The Morgan fingerprint density at radius 2 is 1.14 bits per heavy atom. The second-order valence-corrected chi connectivity index (χ2v) is 19.2. The van der Waals surface area contributed by atoms with Crippen LogP contribution in [-0.4, -0.2) is 119 Å². The molecule has 0 aliphatic carbocycles. The fraction of sp³-hybridized carbons (Fsp3) is 0.588. The number of nitrogens with zero attached hydrogens (tertiary/aromatic N) is 1. The van der Waals surface area contributed by atoms with E-state index in [1.807, 2.05) is 65.8 Å². The van der Waals surface area contributed by atoms with E-state index < -0.39 is 96.5 Å². The fourth-order valence-corrected chi connectivity index (χ4v) is 7.88. The molecule has 0 aromatic heterocycles. The molecule has 1 heterocycles. The van der Waals surface area contributed by atoms with Crippen molar-refractivity contribution >= 4 is 53.0 Å². The molecule has 69 heavy (non-hydrogen) atoms. The molecule has 0 saturated carbocycles. The zero-order valence-corrected chi connectivity index (χ0v) is 42.2. The fourth-order valence-electron chi connectivity index (χ4n) is 7.88. The van der Waals surface area contributed by atoms with Crippen LogP contribution < -0.4 is 43.0 Å². The number of hydrogen-bond acceptors (Lipinski definition) is 10. The van der Waals surface area contributed by atoms with Gasteiger partial charge in [0, 0.05) is 31.8 Å². The van der Waals surface area contributed by atoms with E-state index in [1.54, 1.807) is 45.0 Å². The molecule has 18 nitrogen and oxygen atoms in total. The van der Waals surface area contributed by atoms with Gasteiger partial charge in [-0.25, -0.2) is 0 Å². The van der Waals surface area contributed by atoms with Gasteiger partial charge in [0.25, 0.3) is 0 Å². The van der Waals surface area contributed by atoms with E-state index in [4.69, 9.17) is 5.73 Å². The number of ketones is 1. The van der Waals surface area contributed by atoms with E-state index in [2.05, 4.69) is 37.2 Å². The summed E-state index contributed by atoms with van der Waals surface area (Å²) < 4.78 is 0. The quantitative estimate of drug-likeness (QED) is 0.0680. The molecule has 1 fully saturated rings. The van der Waals surface area contributed by atoms with Crippen LogP contribution in [0.1, 0.15) is 116 Å². The van der Waals surface area contributed by atoms with Crippen molar-refractivity contribution in [3.63, 3.8) is 0 Å². The molecule has 380 valence electrons. The number of hydrogen-bond donors (Lipinski definition) is 8. The van der Waals surface area contributed by atoms with Crippen LogP contribution in [0.25, 0.3) is 0 Å². The molecular weight excluding hydrogens is 883 g/mol. The average molecular weight is 960 g/mol. The third-order valence-corrected chi connectivity index (χ3v) is 12.1. The standard InChI is InChI=1S/C51H77N9O9/c1-11-33(9)54-50(68)44(30(5)6)59-43(62)28-53-45(63)40(26-35-19-15-31(7)16-20-35)57-48(66)41(27-36-21-17-32(8)18-22-36)58-47(65)39(25-34(10)61)56-46(64)38(12-2)55-49(67)42-14-13-23-60(42)51(69)37(52)24-29(3)4/h15-22,29-30,33,37-42,44H,11-14,23-28,52H2,1-10H3,(H,53,63)(H,54,68)(H,55,67)(H,56,64)(H,57,66)(H,58,65)(H,59,62)/t33-,37+,38+,39+,40+,41+,42+,44+/m1/s1. The highest BCUT2D eigenvalue weighted by molar-refractivity contribution is 5.99. The van der Waals surface area contributed by atoms with Gasteiger partial charge in [0.05, 0.1) is 12.6 Å².